The van der Waals surface area contributed by atoms with Crippen LogP contribution in [0, 0.1) is 6.92 Å². The van der Waals surface area contributed by atoms with Crippen LogP contribution in [-0.2, 0) is 6.54 Å². The molecule has 2 atom stereocenters. The first-order valence-electron chi connectivity index (χ1n) is 14.1. The number of carbonyl (C=O) groups excluding carboxylic acids is 1. The summed E-state index contributed by atoms with van der Waals surface area (Å²) in [5, 5.41) is 20.8. The van der Waals surface area contributed by atoms with Crippen molar-refractivity contribution in [3.8, 4) is 17.3 Å². The SMILES string of the molecule is CCC(C)N1c2nc(-c3ccc(OC4CCCC4)nc3C)n(Cc3ccccc3)c2C(=O)N(CCCO)C1O. The minimum Gasteiger partial charge on any atom is -0.474 e. The van der Waals surface area contributed by atoms with Crippen molar-refractivity contribution in [2.45, 2.75) is 84.3 Å². The summed E-state index contributed by atoms with van der Waals surface area (Å²) in [6.07, 6.45) is 4.66. The third kappa shape index (κ3) is 5.38. The van der Waals surface area contributed by atoms with E-state index in [4.69, 9.17) is 14.7 Å². The molecule has 1 aliphatic carbocycles. The van der Waals surface area contributed by atoms with Gasteiger partial charge in [0.1, 0.15) is 11.9 Å². The molecule has 2 unspecified atom stereocenters. The van der Waals surface area contributed by atoms with Crippen molar-refractivity contribution < 1.29 is 19.7 Å². The van der Waals surface area contributed by atoms with Crippen LogP contribution in [0.15, 0.2) is 42.5 Å². The van der Waals surface area contributed by atoms with Crippen LogP contribution in [0.4, 0.5) is 5.82 Å². The molecule has 3 aromatic rings. The molecule has 208 valence electrons. The molecule has 0 spiro atoms. The maximum absolute atomic E-state index is 13.9. The molecule has 0 radical (unpaired) electrons. The van der Waals surface area contributed by atoms with Crippen molar-refractivity contribution in [3.05, 3.63) is 59.4 Å². The highest BCUT2D eigenvalue weighted by atomic mass is 16.5. The Balaban J connectivity index is 1.63. The van der Waals surface area contributed by atoms with Gasteiger partial charge in [-0.15, -0.1) is 0 Å². The number of imidazole rings is 1. The number of fused-ring (bicyclic) bond motifs is 1. The first-order valence-corrected chi connectivity index (χ1v) is 14.1. The number of rotatable bonds is 10. The fourth-order valence-electron chi connectivity index (χ4n) is 5.57. The average Bonchev–Trinajstić information content (AvgIpc) is 3.57. The molecule has 9 nitrogen and oxygen atoms in total. The van der Waals surface area contributed by atoms with E-state index in [1.165, 1.54) is 17.7 Å². The maximum atomic E-state index is 13.9. The molecule has 3 heterocycles. The van der Waals surface area contributed by atoms with Crippen LogP contribution in [0.2, 0.25) is 0 Å². The smallest absolute Gasteiger partial charge is 0.277 e. The Morgan fingerprint density at radius 2 is 1.85 bits per heavy atom. The van der Waals surface area contributed by atoms with Crippen molar-refractivity contribution in [1.82, 2.24) is 19.4 Å². The van der Waals surface area contributed by atoms with E-state index >= 15 is 0 Å². The van der Waals surface area contributed by atoms with Crippen LogP contribution in [0.1, 0.15) is 74.1 Å². The summed E-state index contributed by atoms with van der Waals surface area (Å²) in [5.74, 6) is 1.40. The van der Waals surface area contributed by atoms with Crippen molar-refractivity contribution >= 4 is 11.7 Å². The zero-order valence-corrected chi connectivity index (χ0v) is 23.1. The van der Waals surface area contributed by atoms with E-state index in [9.17, 15) is 15.0 Å². The summed E-state index contributed by atoms with van der Waals surface area (Å²) >= 11 is 0. The van der Waals surface area contributed by atoms with Crippen molar-refractivity contribution in [1.29, 1.82) is 0 Å². The van der Waals surface area contributed by atoms with Crippen LogP contribution in [0.25, 0.3) is 11.4 Å². The Labute approximate surface area is 230 Å². The zero-order valence-electron chi connectivity index (χ0n) is 23.1. The normalized spacial score (nSPS) is 18.5. The Morgan fingerprint density at radius 1 is 1.10 bits per heavy atom. The number of aromatic nitrogens is 3. The summed E-state index contributed by atoms with van der Waals surface area (Å²) in [6.45, 7) is 6.61. The average molecular weight is 534 g/mol. The minimum absolute atomic E-state index is 0.0681. The number of hydrogen-bond acceptors (Lipinski definition) is 7. The molecule has 39 heavy (non-hydrogen) atoms. The number of carbonyl (C=O) groups is 1. The number of ether oxygens (including phenoxy) is 1. The standard InChI is InChI=1S/C30H39N5O4/c1-4-20(2)35-28-26(29(37)33(30(35)38)17-10-18-36)34(19-22-11-6-5-7-12-22)27(32-28)24-15-16-25(31-21(24)3)39-23-13-8-9-14-23/h5-7,11-12,15-16,20,23,30,36,38H,4,8-10,13-14,17-19H2,1-3H3. The number of amides is 1. The van der Waals surface area contributed by atoms with E-state index in [2.05, 4.69) is 0 Å². The lowest BCUT2D eigenvalue weighted by Crippen LogP contribution is -2.58. The molecule has 2 aliphatic rings. The molecule has 1 fully saturated rings. The third-order valence-electron chi connectivity index (χ3n) is 7.88. The summed E-state index contributed by atoms with van der Waals surface area (Å²) in [4.78, 5) is 27.0. The number of benzene rings is 1. The van der Waals surface area contributed by atoms with Crippen LogP contribution in [-0.4, -0.2) is 67.2 Å². The molecule has 1 saturated carbocycles. The topological polar surface area (TPSA) is 104 Å². The van der Waals surface area contributed by atoms with Gasteiger partial charge >= 0.3 is 0 Å². The second-order valence-corrected chi connectivity index (χ2v) is 10.6. The van der Waals surface area contributed by atoms with Crippen molar-refractivity contribution in [3.63, 3.8) is 0 Å². The van der Waals surface area contributed by atoms with Crippen LogP contribution >= 0.6 is 0 Å². The van der Waals surface area contributed by atoms with Crippen molar-refractivity contribution in [2.75, 3.05) is 18.1 Å². The Hall–Kier alpha value is -3.43. The lowest BCUT2D eigenvalue weighted by Gasteiger charge is -2.43. The second-order valence-electron chi connectivity index (χ2n) is 10.6. The molecular weight excluding hydrogens is 494 g/mol. The molecule has 2 N–H and O–H groups in total. The predicted molar refractivity (Wildman–Crippen MR) is 150 cm³/mol. The number of anilines is 1. The summed E-state index contributed by atoms with van der Waals surface area (Å²) in [5.41, 5.74) is 3.04. The van der Waals surface area contributed by atoms with Gasteiger partial charge in [-0.05, 0) is 64.0 Å². The van der Waals surface area contributed by atoms with Crippen LogP contribution < -0.4 is 9.64 Å². The highest BCUT2D eigenvalue weighted by molar-refractivity contribution is 6.00. The Morgan fingerprint density at radius 3 is 2.51 bits per heavy atom. The van der Waals surface area contributed by atoms with Crippen molar-refractivity contribution in [2.24, 2.45) is 0 Å². The molecule has 1 amide bonds. The molecule has 2 aromatic heterocycles. The first kappa shape index (κ1) is 27.1. The van der Waals surface area contributed by atoms with E-state index in [0.717, 1.165) is 36.1 Å². The molecule has 9 heteroatoms. The molecule has 5 rings (SSSR count). The second kappa shape index (κ2) is 11.8. The van der Waals surface area contributed by atoms with Gasteiger partial charge < -0.3 is 24.4 Å². The van der Waals surface area contributed by atoms with E-state index < -0.39 is 6.35 Å². The highest BCUT2D eigenvalue weighted by Crippen LogP contribution is 2.37. The molecule has 0 bridgehead atoms. The van der Waals surface area contributed by atoms with Crippen LogP contribution in [0.5, 0.6) is 5.88 Å². The highest BCUT2D eigenvalue weighted by Gasteiger charge is 2.43. The fourth-order valence-corrected chi connectivity index (χ4v) is 5.57. The van der Waals surface area contributed by atoms with Gasteiger partial charge in [0.05, 0.1) is 5.69 Å². The lowest BCUT2D eigenvalue weighted by atomic mass is 10.1. The van der Waals surface area contributed by atoms with E-state index in [-0.39, 0.29) is 31.2 Å². The summed E-state index contributed by atoms with van der Waals surface area (Å²) in [7, 11) is 0. The molecule has 1 aromatic carbocycles. The van der Waals surface area contributed by atoms with E-state index in [1.54, 1.807) is 0 Å². The molecule has 0 saturated heterocycles. The largest absolute Gasteiger partial charge is 0.474 e. The maximum Gasteiger partial charge on any atom is 0.277 e. The molecular formula is C30H39N5O4. The number of hydrogen-bond donors (Lipinski definition) is 2. The first-order chi connectivity index (χ1) is 18.9. The number of aliphatic hydroxyl groups excluding tert-OH is 2. The van der Waals surface area contributed by atoms with Gasteiger partial charge in [-0.3, -0.25) is 9.69 Å². The fraction of sp³-hybridized carbons (Fsp3) is 0.500. The predicted octanol–water partition coefficient (Wildman–Crippen LogP) is 4.34. The van der Waals surface area contributed by atoms with Gasteiger partial charge in [0.25, 0.3) is 5.91 Å². The number of nitrogens with zero attached hydrogens (tertiary/aromatic N) is 5. The third-order valence-corrected chi connectivity index (χ3v) is 7.88. The number of aryl methyl sites for hydroxylation is 1. The van der Waals surface area contributed by atoms with Gasteiger partial charge in [0.2, 0.25) is 12.2 Å². The molecule has 1 aliphatic heterocycles. The Kier molecular flexibility index (Phi) is 8.18. The minimum atomic E-state index is -1.17. The van der Waals surface area contributed by atoms with E-state index in [0.29, 0.717) is 36.2 Å². The number of pyridine rings is 1. The number of aliphatic hydroxyl groups is 2. The van der Waals surface area contributed by atoms with Gasteiger partial charge in [-0.25, -0.2) is 9.97 Å². The van der Waals surface area contributed by atoms with Gasteiger partial charge in [-0.2, -0.15) is 0 Å². The lowest BCUT2D eigenvalue weighted by molar-refractivity contribution is -0.00548. The monoisotopic (exact) mass is 533 g/mol. The Bertz CT molecular complexity index is 1290. The zero-order chi connectivity index (χ0) is 27.5. The van der Waals surface area contributed by atoms with Gasteiger partial charge in [0.15, 0.2) is 11.5 Å². The summed E-state index contributed by atoms with van der Waals surface area (Å²) < 4.78 is 8.09. The summed E-state index contributed by atoms with van der Waals surface area (Å²) in [6, 6.07) is 13.8. The van der Waals surface area contributed by atoms with E-state index in [1.807, 2.05) is 72.7 Å². The van der Waals surface area contributed by atoms with Crippen LogP contribution in [0.3, 0.4) is 0 Å². The van der Waals surface area contributed by atoms with Gasteiger partial charge in [-0.1, -0.05) is 37.3 Å². The quantitative estimate of drug-likeness (QED) is 0.400. The van der Waals surface area contributed by atoms with Gasteiger partial charge in [0, 0.05) is 37.4 Å².